The molecule has 0 spiro atoms. The predicted molar refractivity (Wildman–Crippen MR) is 118 cm³/mol. The van der Waals surface area contributed by atoms with Gasteiger partial charge in [-0.25, -0.2) is 9.59 Å². The predicted octanol–water partition coefficient (Wildman–Crippen LogP) is 2.46. The average Bonchev–Trinajstić information content (AvgIpc) is 2.65. The van der Waals surface area contributed by atoms with E-state index in [1.807, 2.05) is 0 Å². The summed E-state index contributed by atoms with van der Waals surface area (Å²) in [5.74, 6) is -2.34. The molecule has 0 aromatic heterocycles. The van der Waals surface area contributed by atoms with E-state index < -0.39 is 33.4 Å². The van der Waals surface area contributed by atoms with Crippen LogP contribution in [-0.2, 0) is 38.7 Å². The molecule has 0 saturated heterocycles. The zero-order chi connectivity index (χ0) is 23.4. The van der Waals surface area contributed by atoms with E-state index in [1.54, 1.807) is 6.92 Å². The van der Waals surface area contributed by atoms with Gasteiger partial charge in [-0.15, -0.1) is 0 Å². The van der Waals surface area contributed by atoms with E-state index in [0.29, 0.717) is 25.7 Å². The molecule has 0 radical (unpaired) electrons. The van der Waals surface area contributed by atoms with Crippen molar-refractivity contribution >= 4 is 51.1 Å². The van der Waals surface area contributed by atoms with Crippen LogP contribution in [0.5, 0.6) is 0 Å². The van der Waals surface area contributed by atoms with Crippen LogP contribution in [0.25, 0.3) is 0 Å². The van der Waals surface area contributed by atoms with Gasteiger partial charge in [-0.05, 0) is 33.1 Å². The summed E-state index contributed by atoms with van der Waals surface area (Å²) in [6.07, 6.45) is 2.11. The summed E-state index contributed by atoms with van der Waals surface area (Å²) in [5.41, 5.74) is -1.05. The molecular weight excluding hydrogens is 441 g/mol. The first-order chi connectivity index (χ1) is 13.8. The first-order valence-electron chi connectivity index (χ1n) is 9.62. The number of unbranched alkanes of at least 4 members (excludes halogenated alkanes) is 3. The van der Waals surface area contributed by atoms with Crippen molar-refractivity contribution in [3.63, 3.8) is 0 Å². The van der Waals surface area contributed by atoms with Crippen LogP contribution in [0.15, 0.2) is 24.3 Å². The normalized spacial score (nSPS) is 11.1. The minimum Gasteiger partial charge on any atom is -1.00 e. The van der Waals surface area contributed by atoms with Crippen LogP contribution in [0, 0.1) is 5.41 Å². The first-order valence-corrected chi connectivity index (χ1v) is 11.2. The van der Waals surface area contributed by atoms with E-state index in [9.17, 15) is 22.8 Å². The van der Waals surface area contributed by atoms with Crippen molar-refractivity contribution in [1.82, 2.24) is 0 Å². The molecule has 0 fully saturated rings. The SMILES string of the molecule is C=C(C)C(=O)OCC(CC)(COC(=O)C(=C)C)C(=O)OCCCCCCS(=O)(=O)O.[H-].[H-].[Mg+2]. The van der Waals surface area contributed by atoms with E-state index in [-0.39, 0.29) is 69.0 Å². The summed E-state index contributed by atoms with van der Waals surface area (Å²) in [6.45, 7) is 11.0. The van der Waals surface area contributed by atoms with E-state index in [1.165, 1.54) is 13.8 Å². The second-order valence-corrected chi connectivity index (χ2v) is 8.76. The molecule has 0 aliphatic rings. The summed E-state index contributed by atoms with van der Waals surface area (Å²) in [6, 6.07) is 0. The van der Waals surface area contributed by atoms with Crippen molar-refractivity contribution in [2.24, 2.45) is 5.41 Å². The molecule has 0 aliphatic carbocycles. The fraction of sp³-hybridized carbons (Fsp3) is 0.650. The molecular formula is C20H34MgO9S. The maximum atomic E-state index is 12.7. The number of hydrogen-bond acceptors (Lipinski definition) is 8. The second kappa shape index (κ2) is 15.4. The van der Waals surface area contributed by atoms with Crippen molar-refractivity contribution in [2.45, 2.75) is 52.9 Å². The summed E-state index contributed by atoms with van der Waals surface area (Å²) in [5, 5.41) is 0. The Labute approximate surface area is 203 Å². The van der Waals surface area contributed by atoms with Crippen molar-refractivity contribution < 1.29 is 44.4 Å². The molecule has 11 heteroatoms. The molecule has 0 atom stereocenters. The van der Waals surface area contributed by atoms with Gasteiger partial charge in [0.1, 0.15) is 18.6 Å². The van der Waals surface area contributed by atoms with Crippen molar-refractivity contribution in [3.8, 4) is 0 Å². The first kappa shape index (κ1) is 31.8. The van der Waals surface area contributed by atoms with Crippen LogP contribution < -0.4 is 0 Å². The molecule has 0 saturated carbocycles. The van der Waals surface area contributed by atoms with Gasteiger partial charge in [0.25, 0.3) is 10.1 Å². The Balaban J connectivity index is -0.00000140. The van der Waals surface area contributed by atoms with E-state index in [4.69, 9.17) is 18.8 Å². The maximum Gasteiger partial charge on any atom is 2.00 e. The van der Waals surface area contributed by atoms with Gasteiger partial charge in [0.05, 0.1) is 12.4 Å². The monoisotopic (exact) mass is 474 g/mol. The Bertz CT molecular complexity index is 725. The molecule has 31 heavy (non-hydrogen) atoms. The fourth-order valence-electron chi connectivity index (χ4n) is 2.22. The number of carbonyl (C=O) groups is 3. The second-order valence-electron chi connectivity index (χ2n) is 7.18. The van der Waals surface area contributed by atoms with E-state index >= 15 is 0 Å². The van der Waals surface area contributed by atoms with Gasteiger partial charge in [-0.3, -0.25) is 9.35 Å². The van der Waals surface area contributed by atoms with Crippen LogP contribution >= 0.6 is 0 Å². The van der Waals surface area contributed by atoms with Crippen LogP contribution in [0.2, 0.25) is 0 Å². The number of rotatable bonds is 15. The molecule has 1 N–H and O–H groups in total. The Morgan fingerprint density at radius 2 is 1.35 bits per heavy atom. The summed E-state index contributed by atoms with van der Waals surface area (Å²) in [7, 11) is -3.97. The quantitative estimate of drug-likeness (QED) is 0.0948. The third kappa shape index (κ3) is 13.6. The summed E-state index contributed by atoms with van der Waals surface area (Å²) >= 11 is 0. The maximum absolute atomic E-state index is 12.7. The van der Waals surface area contributed by atoms with Crippen molar-refractivity contribution in [3.05, 3.63) is 24.3 Å². The number of carbonyl (C=O) groups excluding carboxylic acids is 3. The number of ether oxygens (including phenoxy) is 3. The van der Waals surface area contributed by atoms with E-state index in [0.717, 1.165) is 0 Å². The molecule has 0 unspecified atom stereocenters. The number of esters is 3. The minimum absolute atomic E-state index is 0. The standard InChI is InChI=1S/C20H32O9S.Mg.2H/c1-6-20(13-28-17(21)15(2)3,14-29-18(22)16(4)5)19(23)27-11-9-7-8-10-12-30(24,25)26;;;/h2,4,6-14H2,1,3,5H3,(H,24,25,26);;;/q;+2;2*-1. The fourth-order valence-corrected chi connectivity index (χ4v) is 2.79. The van der Waals surface area contributed by atoms with Gasteiger partial charge in [-0.2, -0.15) is 8.42 Å². The van der Waals surface area contributed by atoms with Crippen LogP contribution in [-0.4, -0.2) is 79.5 Å². The molecule has 0 aromatic rings. The van der Waals surface area contributed by atoms with Gasteiger partial charge in [0.15, 0.2) is 0 Å². The largest absolute Gasteiger partial charge is 2.00 e. The molecule has 176 valence electrons. The molecule has 0 bridgehead atoms. The summed E-state index contributed by atoms with van der Waals surface area (Å²) < 4.78 is 45.6. The third-order valence-corrected chi connectivity index (χ3v) is 5.10. The molecule has 0 aromatic carbocycles. The third-order valence-electron chi connectivity index (χ3n) is 4.30. The van der Waals surface area contributed by atoms with Crippen LogP contribution in [0.4, 0.5) is 0 Å². The molecule has 0 rings (SSSR count). The average molecular weight is 475 g/mol. The van der Waals surface area contributed by atoms with E-state index in [2.05, 4.69) is 13.2 Å². The summed E-state index contributed by atoms with van der Waals surface area (Å²) in [4.78, 5) is 36.2. The number of hydrogen-bond donors (Lipinski definition) is 1. The molecule has 0 heterocycles. The Morgan fingerprint density at radius 3 is 1.74 bits per heavy atom. The minimum atomic E-state index is -3.97. The zero-order valence-corrected chi connectivity index (χ0v) is 20.8. The van der Waals surface area contributed by atoms with Crippen LogP contribution in [0.1, 0.15) is 55.7 Å². The van der Waals surface area contributed by atoms with Gasteiger partial charge in [0.2, 0.25) is 0 Å². The van der Waals surface area contributed by atoms with Gasteiger partial charge < -0.3 is 17.1 Å². The zero-order valence-electron chi connectivity index (χ0n) is 20.6. The van der Waals surface area contributed by atoms with Crippen molar-refractivity contribution in [2.75, 3.05) is 25.6 Å². The van der Waals surface area contributed by atoms with Gasteiger partial charge in [0, 0.05) is 11.1 Å². The molecule has 0 amide bonds. The topological polar surface area (TPSA) is 133 Å². The molecule has 0 aliphatic heterocycles. The molecule has 9 nitrogen and oxygen atoms in total. The van der Waals surface area contributed by atoms with Gasteiger partial charge >= 0.3 is 41.0 Å². The Morgan fingerprint density at radius 1 is 0.903 bits per heavy atom. The van der Waals surface area contributed by atoms with Crippen molar-refractivity contribution in [1.29, 1.82) is 0 Å². The van der Waals surface area contributed by atoms with Gasteiger partial charge in [-0.1, -0.05) is 32.9 Å². The smallest absolute Gasteiger partial charge is 1.00 e. The Kier molecular flexibility index (Phi) is 15.8. The van der Waals surface area contributed by atoms with Crippen LogP contribution in [0.3, 0.4) is 0 Å². The Hall–Kier alpha value is -1.43.